The molecule has 0 saturated carbocycles. The first-order chi connectivity index (χ1) is 8.49. The molecule has 0 bridgehead atoms. The molecule has 0 aromatic heterocycles. The van der Waals surface area contributed by atoms with Crippen LogP contribution < -0.4 is 0 Å². The smallest absolute Gasteiger partial charge is 0.128 e. The number of alkyl halides is 1. The lowest BCUT2D eigenvalue weighted by atomic mass is 10.00. The van der Waals surface area contributed by atoms with Gasteiger partial charge in [-0.25, -0.2) is 4.39 Å². The van der Waals surface area contributed by atoms with Gasteiger partial charge in [0.05, 0.1) is 5.38 Å². The van der Waals surface area contributed by atoms with Crippen molar-refractivity contribution in [3.63, 3.8) is 0 Å². The minimum absolute atomic E-state index is 0.281. The average Bonchev–Trinajstić information content (AvgIpc) is 2.35. The largest absolute Gasteiger partial charge is 0.207 e. The first-order valence-corrected chi connectivity index (χ1v) is 6.88. The monoisotopic (exact) mass is 326 g/mol. The Morgan fingerprint density at radius 2 is 1.78 bits per heavy atom. The minimum Gasteiger partial charge on any atom is -0.207 e. The lowest BCUT2D eigenvalue weighted by molar-refractivity contribution is 0.612. The molecule has 94 valence electrons. The van der Waals surface area contributed by atoms with E-state index in [9.17, 15) is 4.39 Å². The predicted molar refractivity (Wildman–Crippen MR) is 77.7 cm³/mol. The van der Waals surface area contributed by atoms with E-state index in [-0.39, 0.29) is 5.82 Å². The zero-order chi connectivity index (χ0) is 13.3. The van der Waals surface area contributed by atoms with Gasteiger partial charge in [0.2, 0.25) is 0 Å². The van der Waals surface area contributed by atoms with Crippen LogP contribution in [0.4, 0.5) is 4.39 Å². The normalized spacial score (nSPS) is 12.5. The lowest BCUT2D eigenvalue weighted by Gasteiger charge is -2.13. The molecule has 3 heteroatoms. The second-order valence-electron chi connectivity index (χ2n) is 4.37. The zero-order valence-corrected chi connectivity index (χ0v) is 12.5. The summed E-state index contributed by atoms with van der Waals surface area (Å²) >= 11 is 9.71. The first kappa shape index (κ1) is 13.6. The third-order valence-corrected chi connectivity index (χ3v) is 4.04. The van der Waals surface area contributed by atoms with Gasteiger partial charge >= 0.3 is 0 Å². The van der Waals surface area contributed by atoms with Gasteiger partial charge in [0.1, 0.15) is 5.82 Å². The summed E-state index contributed by atoms with van der Waals surface area (Å²) in [7, 11) is 0. The fourth-order valence-electron chi connectivity index (χ4n) is 1.81. The van der Waals surface area contributed by atoms with E-state index in [2.05, 4.69) is 15.9 Å². The minimum atomic E-state index is -0.471. The molecule has 18 heavy (non-hydrogen) atoms. The van der Waals surface area contributed by atoms with Gasteiger partial charge in [-0.1, -0.05) is 34.1 Å². The number of benzene rings is 2. The summed E-state index contributed by atoms with van der Waals surface area (Å²) in [6.07, 6.45) is 0. The van der Waals surface area contributed by atoms with Crippen LogP contribution in [0.1, 0.15) is 27.6 Å². The third kappa shape index (κ3) is 2.76. The molecule has 0 N–H and O–H groups in total. The van der Waals surface area contributed by atoms with Crippen molar-refractivity contribution in [3.8, 4) is 0 Å². The van der Waals surface area contributed by atoms with E-state index in [0.29, 0.717) is 5.56 Å². The van der Waals surface area contributed by atoms with Gasteiger partial charge in [0.25, 0.3) is 0 Å². The van der Waals surface area contributed by atoms with E-state index in [4.69, 9.17) is 11.6 Å². The summed E-state index contributed by atoms with van der Waals surface area (Å²) in [5.41, 5.74) is 3.77. The highest BCUT2D eigenvalue weighted by atomic mass is 79.9. The standard InChI is InChI=1S/C15H13BrClF/c1-9-3-4-11(7-10(9)2)15(17)13-8-12(16)5-6-14(13)18/h3-8,15H,1-2H3. The van der Waals surface area contributed by atoms with Crippen molar-refractivity contribution in [2.24, 2.45) is 0 Å². The van der Waals surface area contributed by atoms with Crippen LogP contribution in [0.25, 0.3) is 0 Å². The van der Waals surface area contributed by atoms with E-state index in [1.54, 1.807) is 12.1 Å². The van der Waals surface area contributed by atoms with Gasteiger partial charge < -0.3 is 0 Å². The molecule has 1 unspecified atom stereocenters. The third-order valence-electron chi connectivity index (χ3n) is 3.05. The summed E-state index contributed by atoms with van der Waals surface area (Å²) in [4.78, 5) is 0. The van der Waals surface area contributed by atoms with Crippen LogP contribution in [0.15, 0.2) is 40.9 Å². The Morgan fingerprint density at radius 3 is 2.44 bits per heavy atom. The molecule has 0 radical (unpaired) electrons. The van der Waals surface area contributed by atoms with E-state index in [1.165, 1.54) is 11.6 Å². The van der Waals surface area contributed by atoms with E-state index >= 15 is 0 Å². The second-order valence-corrected chi connectivity index (χ2v) is 5.72. The van der Waals surface area contributed by atoms with E-state index < -0.39 is 5.38 Å². The maximum Gasteiger partial charge on any atom is 0.128 e. The molecule has 0 aliphatic heterocycles. The Morgan fingerprint density at radius 1 is 1.06 bits per heavy atom. The molecule has 2 aromatic rings. The van der Waals surface area contributed by atoms with Crippen molar-refractivity contribution < 1.29 is 4.39 Å². The van der Waals surface area contributed by atoms with Gasteiger partial charge in [0, 0.05) is 10.0 Å². The molecule has 2 rings (SSSR count). The molecule has 0 aliphatic carbocycles. The van der Waals surface area contributed by atoms with E-state index in [0.717, 1.165) is 15.6 Å². The summed E-state index contributed by atoms with van der Waals surface area (Å²) in [5, 5.41) is -0.471. The zero-order valence-electron chi connectivity index (χ0n) is 10.2. The maximum atomic E-state index is 13.8. The quantitative estimate of drug-likeness (QED) is 0.636. The van der Waals surface area contributed by atoms with Crippen LogP contribution >= 0.6 is 27.5 Å². The number of hydrogen-bond donors (Lipinski definition) is 0. The molecule has 0 nitrogen and oxygen atoms in total. The van der Waals surface area contributed by atoms with Crippen molar-refractivity contribution in [1.29, 1.82) is 0 Å². The lowest BCUT2D eigenvalue weighted by Crippen LogP contribution is -1.98. The SMILES string of the molecule is Cc1ccc(C(Cl)c2cc(Br)ccc2F)cc1C. The number of rotatable bonds is 2. The summed E-state index contributed by atoms with van der Waals surface area (Å²) in [6, 6.07) is 10.8. The summed E-state index contributed by atoms with van der Waals surface area (Å²) < 4.78 is 14.6. The van der Waals surface area contributed by atoms with Gasteiger partial charge in [0.15, 0.2) is 0 Å². The fraction of sp³-hybridized carbons (Fsp3) is 0.200. The maximum absolute atomic E-state index is 13.8. The average molecular weight is 328 g/mol. The van der Waals surface area contributed by atoms with Crippen LogP contribution in [-0.4, -0.2) is 0 Å². The Kier molecular flexibility index (Phi) is 4.08. The Bertz CT molecular complexity index is 581. The molecular weight excluding hydrogens is 315 g/mol. The Labute approximate surface area is 120 Å². The van der Waals surface area contributed by atoms with Crippen LogP contribution in [-0.2, 0) is 0 Å². The fourth-order valence-corrected chi connectivity index (χ4v) is 2.49. The second kappa shape index (κ2) is 5.41. The number of hydrogen-bond acceptors (Lipinski definition) is 0. The van der Waals surface area contributed by atoms with Crippen LogP contribution in [0, 0.1) is 19.7 Å². The van der Waals surface area contributed by atoms with Gasteiger partial charge in [-0.05, 0) is 48.7 Å². The first-order valence-electron chi connectivity index (χ1n) is 5.65. The highest BCUT2D eigenvalue weighted by Gasteiger charge is 2.16. The molecule has 0 saturated heterocycles. The van der Waals surface area contributed by atoms with Crippen molar-refractivity contribution >= 4 is 27.5 Å². The highest BCUT2D eigenvalue weighted by Crippen LogP contribution is 2.33. The summed E-state index contributed by atoms with van der Waals surface area (Å²) in [5.74, 6) is -0.281. The van der Waals surface area contributed by atoms with E-state index in [1.807, 2.05) is 32.0 Å². The van der Waals surface area contributed by atoms with Gasteiger partial charge in [-0.2, -0.15) is 0 Å². The molecule has 0 amide bonds. The topological polar surface area (TPSA) is 0 Å². The van der Waals surface area contributed by atoms with Gasteiger partial charge in [-0.15, -0.1) is 11.6 Å². The van der Waals surface area contributed by atoms with Crippen LogP contribution in [0.3, 0.4) is 0 Å². The van der Waals surface area contributed by atoms with Crippen molar-refractivity contribution in [2.75, 3.05) is 0 Å². The predicted octanol–water partition coefficient (Wildman–Crippen LogP) is 5.53. The van der Waals surface area contributed by atoms with Crippen LogP contribution in [0.2, 0.25) is 0 Å². The molecular formula is C15H13BrClF. The Balaban J connectivity index is 2.44. The van der Waals surface area contributed by atoms with Crippen molar-refractivity contribution in [3.05, 3.63) is 68.9 Å². The van der Waals surface area contributed by atoms with Crippen LogP contribution in [0.5, 0.6) is 0 Å². The molecule has 2 aromatic carbocycles. The van der Waals surface area contributed by atoms with Gasteiger partial charge in [-0.3, -0.25) is 0 Å². The molecule has 0 fully saturated rings. The number of aryl methyl sites for hydroxylation is 2. The molecule has 0 aliphatic rings. The molecule has 1 atom stereocenters. The summed E-state index contributed by atoms with van der Waals surface area (Å²) in [6.45, 7) is 4.07. The highest BCUT2D eigenvalue weighted by molar-refractivity contribution is 9.10. The molecule has 0 spiro atoms. The molecule has 0 heterocycles. The van der Waals surface area contributed by atoms with Crippen molar-refractivity contribution in [2.45, 2.75) is 19.2 Å². The Hall–Kier alpha value is -0.860. The van der Waals surface area contributed by atoms with Crippen molar-refractivity contribution in [1.82, 2.24) is 0 Å². The number of halogens is 3.